The first-order valence-corrected chi connectivity index (χ1v) is 7.65. The summed E-state index contributed by atoms with van der Waals surface area (Å²) in [6.45, 7) is 0.642. The van der Waals surface area contributed by atoms with Crippen LogP contribution in [0.2, 0.25) is 0 Å². The number of methoxy groups -OCH3 is 1. The van der Waals surface area contributed by atoms with Gasteiger partial charge in [0.15, 0.2) is 0 Å². The highest BCUT2D eigenvalue weighted by Gasteiger charge is 2.06. The molecule has 0 heterocycles. The van der Waals surface area contributed by atoms with Crippen molar-refractivity contribution in [3.8, 4) is 5.75 Å². The summed E-state index contributed by atoms with van der Waals surface area (Å²) in [5.41, 5.74) is 4.44. The van der Waals surface area contributed by atoms with Crippen molar-refractivity contribution in [2.24, 2.45) is 4.99 Å². The second kappa shape index (κ2) is 7.41. The minimum absolute atomic E-state index is 0.642. The molecule has 0 fully saturated rings. The van der Waals surface area contributed by atoms with E-state index in [1.807, 2.05) is 48.5 Å². The number of hydrogen-bond acceptors (Lipinski definition) is 2. The van der Waals surface area contributed by atoms with Crippen LogP contribution < -0.4 is 4.74 Å². The van der Waals surface area contributed by atoms with E-state index in [2.05, 4.69) is 36.4 Å². The maximum absolute atomic E-state index is 5.20. The third-order valence-electron chi connectivity index (χ3n) is 3.67. The number of rotatable bonds is 5. The van der Waals surface area contributed by atoms with Crippen molar-refractivity contribution in [1.82, 2.24) is 0 Å². The Labute approximate surface area is 137 Å². The molecule has 0 radical (unpaired) electrons. The zero-order valence-corrected chi connectivity index (χ0v) is 13.1. The molecule has 0 saturated carbocycles. The Morgan fingerprint density at radius 2 is 1.26 bits per heavy atom. The van der Waals surface area contributed by atoms with E-state index in [0.29, 0.717) is 6.54 Å². The molecule has 23 heavy (non-hydrogen) atoms. The molecule has 114 valence electrons. The van der Waals surface area contributed by atoms with E-state index in [-0.39, 0.29) is 0 Å². The second-order valence-electron chi connectivity index (χ2n) is 5.24. The molecule has 0 unspecified atom stereocenters. The van der Waals surface area contributed by atoms with Crippen LogP contribution in [-0.4, -0.2) is 12.8 Å². The van der Waals surface area contributed by atoms with E-state index in [1.54, 1.807) is 7.11 Å². The third-order valence-corrected chi connectivity index (χ3v) is 3.67. The molecule has 3 rings (SSSR count). The summed E-state index contributed by atoms with van der Waals surface area (Å²) < 4.78 is 5.20. The summed E-state index contributed by atoms with van der Waals surface area (Å²) in [6.07, 6.45) is 0. The van der Waals surface area contributed by atoms with Crippen molar-refractivity contribution < 1.29 is 4.74 Å². The maximum Gasteiger partial charge on any atom is 0.118 e. The van der Waals surface area contributed by atoms with Crippen LogP contribution in [0.25, 0.3) is 0 Å². The van der Waals surface area contributed by atoms with Crippen molar-refractivity contribution in [3.63, 3.8) is 0 Å². The molecular formula is C21H19NO. The number of ether oxygens (including phenoxy) is 1. The SMILES string of the molecule is COc1ccc(CN=C(c2ccccc2)c2ccccc2)cc1. The van der Waals surface area contributed by atoms with Crippen LogP contribution in [0.5, 0.6) is 5.75 Å². The Hall–Kier alpha value is -2.87. The molecule has 3 aromatic carbocycles. The highest BCUT2D eigenvalue weighted by Crippen LogP contribution is 2.15. The smallest absolute Gasteiger partial charge is 0.118 e. The van der Waals surface area contributed by atoms with E-state index < -0.39 is 0 Å². The van der Waals surface area contributed by atoms with Crippen molar-refractivity contribution in [2.45, 2.75) is 6.54 Å². The molecule has 0 aromatic heterocycles. The molecule has 0 spiro atoms. The number of benzene rings is 3. The first kappa shape index (κ1) is 15.0. The number of hydrogen-bond donors (Lipinski definition) is 0. The van der Waals surface area contributed by atoms with Gasteiger partial charge in [0.1, 0.15) is 5.75 Å². The number of aliphatic imine (C=N–C) groups is 1. The van der Waals surface area contributed by atoms with Gasteiger partial charge in [0, 0.05) is 11.1 Å². The Morgan fingerprint density at radius 1 is 0.739 bits per heavy atom. The minimum Gasteiger partial charge on any atom is -0.497 e. The van der Waals surface area contributed by atoms with E-state index in [0.717, 1.165) is 28.2 Å². The highest BCUT2D eigenvalue weighted by molar-refractivity contribution is 6.12. The van der Waals surface area contributed by atoms with Crippen LogP contribution in [0.3, 0.4) is 0 Å². The lowest BCUT2D eigenvalue weighted by Gasteiger charge is -2.08. The van der Waals surface area contributed by atoms with Crippen molar-refractivity contribution in [1.29, 1.82) is 0 Å². The van der Waals surface area contributed by atoms with Gasteiger partial charge in [-0.2, -0.15) is 0 Å². The lowest BCUT2D eigenvalue weighted by molar-refractivity contribution is 0.414. The maximum atomic E-state index is 5.20. The Kier molecular flexibility index (Phi) is 4.85. The fourth-order valence-corrected chi connectivity index (χ4v) is 2.44. The fourth-order valence-electron chi connectivity index (χ4n) is 2.44. The highest BCUT2D eigenvalue weighted by atomic mass is 16.5. The van der Waals surface area contributed by atoms with E-state index >= 15 is 0 Å². The third kappa shape index (κ3) is 3.86. The molecule has 0 aliphatic heterocycles. The zero-order valence-electron chi connectivity index (χ0n) is 13.1. The van der Waals surface area contributed by atoms with Gasteiger partial charge in [-0.05, 0) is 17.7 Å². The molecule has 2 heteroatoms. The van der Waals surface area contributed by atoms with Gasteiger partial charge in [0.2, 0.25) is 0 Å². The summed E-state index contributed by atoms with van der Waals surface area (Å²) in [4.78, 5) is 4.87. The molecular weight excluding hydrogens is 282 g/mol. The van der Waals surface area contributed by atoms with E-state index in [4.69, 9.17) is 9.73 Å². The van der Waals surface area contributed by atoms with E-state index in [9.17, 15) is 0 Å². The van der Waals surface area contributed by atoms with Gasteiger partial charge in [0.05, 0.1) is 19.4 Å². The Morgan fingerprint density at radius 3 is 1.74 bits per heavy atom. The summed E-state index contributed by atoms with van der Waals surface area (Å²) in [6, 6.07) is 28.6. The topological polar surface area (TPSA) is 21.6 Å². The minimum atomic E-state index is 0.642. The van der Waals surface area contributed by atoms with Gasteiger partial charge in [0.25, 0.3) is 0 Å². The van der Waals surface area contributed by atoms with Crippen LogP contribution in [0.1, 0.15) is 16.7 Å². The normalized spacial score (nSPS) is 10.1. The standard InChI is InChI=1S/C21H19NO/c1-23-20-14-12-17(13-15-20)16-22-21(18-8-4-2-5-9-18)19-10-6-3-7-11-19/h2-15H,16H2,1H3. The summed E-state index contributed by atoms with van der Waals surface area (Å²) in [7, 11) is 1.68. The molecule has 3 aromatic rings. The lowest BCUT2D eigenvalue weighted by atomic mass is 10.0. The monoisotopic (exact) mass is 301 g/mol. The number of nitrogens with zero attached hydrogens (tertiary/aromatic N) is 1. The first-order valence-electron chi connectivity index (χ1n) is 7.65. The van der Waals surface area contributed by atoms with Gasteiger partial charge >= 0.3 is 0 Å². The van der Waals surface area contributed by atoms with Crippen LogP contribution in [-0.2, 0) is 6.54 Å². The molecule has 0 amide bonds. The van der Waals surface area contributed by atoms with Gasteiger partial charge < -0.3 is 4.74 Å². The molecule has 0 N–H and O–H groups in total. The van der Waals surface area contributed by atoms with Crippen LogP contribution >= 0.6 is 0 Å². The van der Waals surface area contributed by atoms with Crippen LogP contribution in [0, 0.1) is 0 Å². The van der Waals surface area contributed by atoms with Crippen molar-refractivity contribution in [2.75, 3.05) is 7.11 Å². The molecule has 0 saturated heterocycles. The predicted octanol–water partition coefficient (Wildman–Crippen LogP) is 4.73. The van der Waals surface area contributed by atoms with Crippen molar-refractivity contribution in [3.05, 3.63) is 102 Å². The van der Waals surface area contributed by atoms with Gasteiger partial charge in [-0.1, -0.05) is 72.8 Å². The predicted molar refractivity (Wildman–Crippen MR) is 95.2 cm³/mol. The average Bonchev–Trinajstić information content (AvgIpc) is 2.64. The molecule has 0 aliphatic carbocycles. The van der Waals surface area contributed by atoms with E-state index in [1.165, 1.54) is 0 Å². The van der Waals surface area contributed by atoms with Crippen LogP contribution in [0.4, 0.5) is 0 Å². The fraction of sp³-hybridized carbons (Fsp3) is 0.0952. The van der Waals surface area contributed by atoms with Crippen LogP contribution in [0.15, 0.2) is 89.9 Å². The average molecular weight is 301 g/mol. The molecule has 0 atom stereocenters. The van der Waals surface area contributed by atoms with Gasteiger partial charge in [-0.15, -0.1) is 0 Å². The summed E-state index contributed by atoms with van der Waals surface area (Å²) >= 11 is 0. The molecule has 0 bridgehead atoms. The molecule has 2 nitrogen and oxygen atoms in total. The van der Waals surface area contributed by atoms with Gasteiger partial charge in [-0.25, -0.2) is 0 Å². The first-order chi connectivity index (χ1) is 11.4. The quantitative estimate of drug-likeness (QED) is 0.624. The molecule has 0 aliphatic rings. The second-order valence-corrected chi connectivity index (χ2v) is 5.24. The summed E-state index contributed by atoms with van der Waals surface area (Å²) in [5, 5.41) is 0. The Balaban J connectivity index is 1.91. The van der Waals surface area contributed by atoms with Gasteiger partial charge in [-0.3, -0.25) is 4.99 Å². The Bertz CT molecular complexity index is 720. The zero-order chi connectivity index (χ0) is 15.9. The van der Waals surface area contributed by atoms with Crippen molar-refractivity contribution >= 4 is 5.71 Å². The largest absolute Gasteiger partial charge is 0.497 e. The lowest BCUT2D eigenvalue weighted by Crippen LogP contribution is -2.03. The summed E-state index contributed by atoms with van der Waals surface area (Å²) in [5.74, 6) is 0.865.